The van der Waals surface area contributed by atoms with E-state index >= 15 is 0 Å². The number of hydrogen-bond donors (Lipinski definition) is 0. The summed E-state index contributed by atoms with van der Waals surface area (Å²) in [7, 11) is -3.61. The number of benzene rings is 2. The van der Waals surface area contributed by atoms with Crippen LogP contribution in [0.4, 0.5) is 5.13 Å². The highest BCUT2D eigenvalue weighted by Gasteiger charge is 2.27. The number of aryl methyl sites for hydroxylation is 1. The number of rotatable bonds is 5. The Bertz CT molecular complexity index is 1350. The summed E-state index contributed by atoms with van der Waals surface area (Å²) in [5.41, 5.74) is 2.38. The Morgan fingerprint density at radius 3 is 2.52 bits per heavy atom. The molecule has 0 spiro atoms. The summed E-state index contributed by atoms with van der Waals surface area (Å²) >= 11 is 7.65. The molecule has 2 aromatic carbocycles. The maximum Gasteiger partial charge on any atom is 0.261 e. The fourth-order valence-electron chi connectivity index (χ4n) is 3.20. The predicted molar refractivity (Wildman–Crippen MR) is 124 cm³/mol. The number of anilines is 1. The molecule has 0 bridgehead atoms. The summed E-state index contributed by atoms with van der Waals surface area (Å²) in [5.74, 6) is -0.473. The molecule has 6 nitrogen and oxygen atoms in total. The lowest BCUT2D eigenvalue weighted by Gasteiger charge is -2.20. The van der Waals surface area contributed by atoms with Crippen molar-refractivity contribution in [3.05, 3.63) is 82.6 Å². The molecule has 0 aliphatic carbocycles. The molecule has 2 aromatic heterocycles. The van der Waals surface area contributed by atoms with E-state index in [0.717, 1.165) is 16.5 Å². The first-order chi connectivity index (χ1) is 14.8. The topological polar surface area (TPSA) is 80.2 Å². The number of fused-ring (bicyclic) bond motifs is 1. The van der Waals surface area contributed by atoms with Crippen molar-refractivity contribution in [2.45, 2.75) is 18.4 Å². The summed E-state index contributed by atoms with van der Waals surface area (Å²) < 4.78 is 25.4. The lowest BCUT2D eigenvalue weighted by molar-refractivity contribution is 0.0981. The van der Waals surface area contributed by atoms with Crippen molar-refractivity contribution in [3.63, 3.8) is 0 Å². The van der Waals surface area contributed by atoms with Gasteiger partial charge in [0.2, 0.25) is 0 Å². The van der Waals surface area contributed by atoms with Gasteiger partial charge in [-0.2, -0.15) is 0 Å². The van der Waals surface area contributed by atoms with Crippen molar-refractivity contribution in [1.82, 2.24) is 9.97 Å². The maximum absolute atomic E-state index is 13.6. The van der Waals surface area contributed by atoms with Crippen LogP contribution in [0.15, 0.2) is 65.7 Å². The van der Waals surface area contributed by atoms with Crippen LogP contribution < -0.4 is 4.90 Å². The summed E-state index contributed by atoms with van der Waals surface area (Å²) in [5, 5.41) is 0.969. The van der Waals surface area contributed by atoms with Gasteiger partial charge in [-0.15, -0.1) is 0 Å². The Kier molecular flexibility index (Phi) is 5.79. The molecule has 2 heterocycles. The molecule has 0 saturated carbocycles. The Labute approximate surface area is 189 Å². The molecule has 0 aliphatic rings. The van der Waals surface area contributed by atoms with Crippen LogP contribution in [0.2, 0.25) is 5.02 Å². The fourth-order valence-corrected chi connectivity index (χ4v) is 5.39. The number of amides is 1. The summed E-state index contributed by atoms with van der Waals surface area (Å²) in [4.78, 5) is 24.0. The third-order valence-corrected chi connectivity index (χ3v) is 7.42. The molecular weight excluding hydrogens is 454 g/mol. The van der Waals surface area contributed by atoms with Crippen LogP contribution in [0.25, 0.3) is 10.2 Å². The molecule has 0 N–H and O–H groups in total. The number of halogens is 1. The normalized spacial score (nSPS) is 11.6. The van der Waals surface area contributed by atoms with Crippen molar-refractivity contribution in [1.29, 1.82) is 0 Å². The first-order valence-corrected chi connectivity index (χ1v) is 12.4. The highest BCUT2D eigenvalue weighted by atomic mass is 35.5. The van der Waals surface area contributed by atoms with Crippen LogP contribution in [0, 0.1) is 6.92 Å². The van der Waals surface area contributed by atoms with Gasteiger partial charge in [-0.25, -0.2) is 13.4 Å². The number of aromatic nitrogens is 2. The lowest BCUT2D eigenvalue weighted by Crippen LogP contribution is -2.31. The predicted octanol–water partition coefficient (Wildman–Crippen LogP) is 4.90. The van der Waals surface area contributed by atoms with Crippen LogP contribution in [0.1, 0.15) is 21.6 Å². The van der Waals surface area contributed by atoms with E-state index in [2.05, 4.69) is 9.97 Å². The average molecular weight is 472 g/mol. The minimum absolute atomic E-state index is 0.0265. The first kappa shape index (κ1) is 21.4. The Hall–Kier alpha value is -2.81. The molecule has 0 unspecified atom stereocenters. The van der Waals surface area contributed by atoms with Gasteiger partial charge in [-0.1, -0.05) is 47.2 Å². The second-order valence-corrected chi connectivity index (χ2v) is 10.4. The molecule has 158 valence electrons. The van der Waals surface area contributed by atoms with Gasteiger partial charge in [0, 0.05) is 12.5 Å². The molecule has 4 rings (SSSR count). The Morgan fingerprint density at radius 1 is 1.10 bits per heavy atom. The van der Waals surface area contributed by atoms with Crippen molar-refractivity contribution in [3.8, 4) is 0 Å². The van der Waals surface area contributed by atoms with Crippen molar-refractivity contribution < 1.29 is 13.2 Å². The average Bonchev–Trinajstić information content (AvgIpc) is 3.21. The molecule has 0 fully saturated rings. The van der Waals surface area contributed by atoms with Crippen LogP contribution in [-0.4, -0.2) is 30.5 Å². The number of thiazole rings is 1. The number of carbonyl (C=O) groups excluding carboxylic acids is 1. The number of hydrogen-bond acceptors (Lipinski definition) is 6. The van der Waals surface area contributed by atoms with Gasteiger partial charge >= 0.3 is 0 Å². The standard InChI is InChI=1S/C22H18ClN3O3S2/c1-14-10-11-17(23)20-19(14)25-22(30-20)26(13-15-7-5-6-12-24-15)21(27)16-8-3-4-9-18(16)31(2,28)29/h3-12H,13H2,1-2H3. The van der Waals surface area contributed by atoms with E-state index in [4.69, 9.17) is 11.6 Å². The third-order valence-electron chi connectivity index (χ3n) is 4.73. The minimum atomic E-state index is -3.61. The molecule has 31 heavy (non-hydrogen) atoms. The summed E-state index contributed by atoms with van der Waals surface area (Å²) in [6, 6.07) is 15.3. The van der Waals surface area contributed by atoms with Crippen molar-refractivity contribution in [2.24, 2.45) is 0 Å². The second kappa shape index (κ2) is 8.37. The zero-order chi connectivity index (χ0) is 22.2. The second-order valence-electron chi connectivity index (χ2n) is 7.02. The zero-order valence-electron chi connectivity index (χ0n) is 16.7. The van der Waals surface area contributed by atoms with Gasteiger partial charge in [0.25, 0.3) is 5.91 Å². The van der Waals surface area contributed by atoms with Gasteiger partial charge in [0.1, 0.15) is 0 Å². The van der Waals surface area contributed by atoms with E-state index in [1.165, 1.54) is 28.4 Å². The molecule has 9 heteroatoms. The van der Waals surface area contributed by atoms with Crippen LogP contribution >= 0.6 is 22.9 Å². The number of nitrogens with zero attached hydrogens (tertiary/aromatic N) is 3. The molecular formula is C22H18ClN3O3S2. The molecule has 0 atom stereocenters. The molecule has 1 amide bonds. The van der Waals surface area contributed by atoms with E-state index < -0.39 is 15.7 Å². The molecule has 0 aliphatic heterocycles. The highest BCUT2D eigenvalue weighted by Crippen LogP contribution is 2.37. The maximum atomic E-state index is 13.6. The van der Waals surface area contributed by atoms with E-state index in [9.17, 15) is 13.2 Å². The number of carbonyl (C=O) groups is 1. The monoisotopic (exact) mass is 471 g/mol. The van der Waals surface area contributed by atoms with E-state index in [-0.39, 0.29) is 17.0 Å². The minimum Gasteiger partial charge on any atom is -0.278 e. The first-order valence-electron chi connectivity index (χ1n) is 9.32. The van der Waals surface area contributed by atoms with Gasteiger partial charge in [0.05, 0.1) is 37.9 Å². The SMILES string of the molecule is Cc1ccc(Cl)c2sc(N(Cc3ccccn3)C(=O)c3ccccc3S(C)(=O)=O)nc12. The Balaban J connectivity index is 1.88. The van der Waals surface area contributed by atoms with Gasteiger partial charge in [-0.05, 0) is 42.8 Å². The Morgan fingerprint density at radius 2 is 1.84 bits per heavy atom. The van der Waals surface area contributed by atoms with Crippen molar-refractivity contribution >= 4 is 54.0 Å². The summed E-state index contributed by atoms with van der Waals surface area (Å²) in [6.45, 7) is 2.06. The van der Waals surface area contributed by atoms with E-state index in [0.29, 0.717) is 21.4 Å². The fraction of sp³-hybridized carbons (Fsp3) is 0.136. The smallest absolute Gasteiger partial charge is 0.261 e. The number of sulfone groups is 1. The van der Waals surface area contributed by atoms with Crippen LogP contribution in [0.3, 0.4) is 0 Å². The van der Waals surface area contributed by atoms with Crippen molar-refractivity contribution in [2.75, 3.05) is 11.2 Å². The number of pyridine rings is 1. The highest BCUT2D eigenvalue weighted by molar-refractivity contribution is 7.90. The van der Waals surface area contributed by atoms with Crippen LogP contribution in [-0.2, 0) is 16.4 Å². The van der Waals surface area contributed by atoms with Gasteiger partial charge in [0.15, 0.2) is 15.0 Å². The molecule has 4 aromatic rings. The zero-order valence-corrected chi connectivity index (χ0v) is 19.1. The van der Waals surface area contributed by atoms with E-state index in [1.807, 2.05) is 19.1 Å². The lowest BCUT2D eigenvalue weighted by atomic mass is 10.2. The molecule has 0 saturated heterocycles. The summed E-state index contributed by atoms with van der Waals surface area (Å²) in [6.07, 6.45) is 2.73. The van der Waals surface area contributed by atoms with Gasteiger partial charge < -0.3 is 0 Å². The van der Waals surface area contributed by atoms with Crippen LogP contribution in [0.5, 0.6) is 0 Å². The van der Waals surface area contributed by atoms with Gasteiger partial charge in [-0.3, -0.25) is 14.7 Å². The molecule has 0 radical (unpaired) electrons. The third kappa shape index (κ3) is 4.32. The quantitative estimate of drug-likeness (QED) is 0.413. The largest absolute Gasteiger partial charge is 0.278 e. The van der Waals surface area contributed by atoms with E-state index in [1.54, 1.807) is 36.5 Å².